The molecule has 16 heavy (non-hydrogen) atoms. The molecule has 0 atom stereocenters. The summed E-state index contributed by atoms with van der Waals surface area (Å²) in [5.41, 5.74) is 0.256. The van der Waals surface area contributed by atoms with Crippen LogP contribution >= 0.6 is 0 Å². The monoisotopic (exact) mass is 226 g/mol. The number of hydrogen-bond donors (Lipinski definition) is 1. The van der Waals surface area contributed by atoms with Gasteiger partial charge >= 0.3 is 0 Å². The summed E-state index contributed by atoms with van der Waals surface area (Å²) in [6, 6.07) is 0.862. The Bertz CT molecular complexity index is 178. The topological polar surface area (TPSA) is 15.3 Å². The van der Waals surface area contributed by atoms with Crippen molar-refractivity contribution in [2.75, 3.05) is 19.6 Å². The van der Waals surface area contributed by atoms with Crippen LogP contribution in [-0.2, 0) is 0 Å². The van der Waals surface area contributed by atoms with Crippen molar-refractivity contribution in [3.05, 3.63) is 0 Å². The average Bonchev–Trinajstić information content (AvgIpc) is 2.24. The highest BCUT2D eigenvalue weighted by Gasteiger charge is 2.19. The van der Waals surface area contributed by atoms with Crippen LogP contribution in [0.5, 0.6) is 0 Å². The molecule has 0 heterocycles. The molecule has 1 aliphatic rings. The highest BCUT2D eigenvalue weighted by atomic mass is 15.2. The second-order valence-electron chi connectivity index (χ2n) is 6.10. The van der Waals surface area contributed by atoms with Gasteiger partial charge in [0.2, 0.25) is 0 Å². The van der Waals surface area contributed by atoms with Crippen molar-refractivity contribution >= 4 is 0 Å². The summed E-state index contributed by atoms with van der Waals surface area (Å²) in [4.78, 5) is 2.66. The zero-order valence-corrected chi connectivity index (χ0v) is 11.7. The molecular formula is C14H30N2. The van der Waals surface area contributed by atoms with E-state index in [4.69, 9.17) is 0 Å². The maximum Gasteiger partial charge on any atom is 0.0110 e. The minimum Gasteiger partial charge on any atom is -0.311 e. The fourth-order valence-electron chi connectivity index (χ4n) is 2.62. The third-order valence-corrected chi connectivity index (χ3v) is 3.55. The molecule has 0 radical (unpaired) electrons. The molecule has 2 heteroatoms. The Morgan fingerprint density at radius 1 is 1.12 bits per heavy atom. The molecule has 1 fully saturated rings. The summed E-state index contributed by atoms with van der Waals surface area (Å²) in [6.07, 6.45) is 7.17. The van der Waals surface area contributed by atoms with Gasteiger partial charge in [-0.1, -0.05) is 26.2 Å². The van der Waals surface area contributed by atoms with Crippen LogP contribution in [0.15, 0.2) is 0 Å². The van der Waals surface area contributed by atoms with Crippen LogP contribution < -0.4 is 5.32 Å². The lowest BCUT2D eigenvalue weighted by atomic mass is 9.94. The summed E-state index contributed by atoms with van der Waals surface area (Å²) in [5.74, 6) is 0. The molecule has 0 amide bonds. The SMILES string of the molecule is CCN(CCNC(C)(C)C)C1CCCCC1. The van der Waals surface area contributed by atoms with Crippen molar-refractivity contribution in [3.8, 4) is 0 Å². The Kier molecular flexibility index (Phi) is 5.77. The molecule has 1 rings (SSSR count). The second kappa shape index (κ2) is 6.61. The maximum absolute atomic E-state index is 3.58. The van der Waals surface area contributed by atoms with E-state index in [1.54, 1.807) is 0 Å². The molecule has 0 aromatic carbocycles. The third kappa shape index (κ3) is 5.31. The highest BCUT2D eigenvalue weighted by molar-refractivity contribution is 4.77. The number of nitrogens with one attached hydrogen (secondary N) is 1. The van der Waals surface area contributed by atoms with Crippen molar-refractivity contribution < 1.29 is 0 Å². The van der Waals surface area contributed by atoms with Gasteiger partial charge in [-0.15, -0.1) is 0 Å². The van der Waals surface area contributed by atoms with E-state index in [-0.39, 0.29) is 5.54 Å². The van der Waals surface area contributed by atoms with Crippen LogP contribution in [0.1, 0.15) is 59.8 Å². The molecular weight excluding hydrogens is 196 g/mol. The van der Waals surface area contributed by atoms with Crippen LogP contribution in [0.2, 0.25) is 0 Å². The second-order valence-corrected chi connectivity index (χ2v) is 6.10. The molecule has 0 aromatic rings. The van der Waals surface area contributed by atoms with Crippen LogP contribution in [0.25, 0.3) is 0 Å². The predicted molar refractivity (Wildman–Crippen MR) is 71.9 cm³/mol. The summed E-state index contributed by atoms with van der Waals surface area (Å²) in [6.45, 7) is 12.5. The van der Waals surface area contributed by atoms with E-state index >= 15 is 0 Å². The standard InChI is InChI=1S/C14H30N2/c1-5-16(12-11-15-14(2,3)4)13-9-7-6-8-10-13/h13,15H,5-12H2,1-4H3. The van der Waals surface area contributed by atoms with Gasteiger partial charge in [-0.3, -0.25) is 4.90 Å². The van der Waals surface area contributed by atoms with Gasteiger partial charge in [0, 0.05) is 24.7 Å². The van der Waals surface area contributed by atoms with Gasteiger partial charge in [-0.05, 0) is 40.2 Å². The molecule has 0 saturated heterocycles. The minimum atomic E-state index is 0.256. The Morgan fingerprint density at radius 3 is 2.25 bits per heavy atom. The lowest BCUT2D eigenvalue weighted by Gasteiger charge is -2.34. The number of hydrogen-bond acceptors (Lipinski definition) is 2. The van der Waals surface area contributed by atoms with Gasteiger partial charge in [0.1, 0.15) is 0 Å². The smallest absolute Gasteiger partial charge is 0.0110 e. The lowest BCUT2D eigenvalue weighted by molar-refractivity contribution is 0.160. The molecule has 0 spiro atoms. The Labute approximate surface area is 102 Å². The molecule has 0 aliphatic heterocycles. The first-order chi connectivity index (χ1) is 7.53. The van der Waals surface area contributed by atoms with E-state index in [9.17, 15) is 0 Å². The number of rotatable bonds is 5. The van der Waals surface area contributed by atoms with Crippen molar-refractivity contribution in [2.45, 2.75) is 71.4 Å². The summed E-state index contributed by atoms with van der Waals surface area (Å²) < 4.78 is 0. The molecule has 1 saturated carbocycles. The van der Waals surface area contributed by atoms with Gasteiger partial charge in [0.05, 0.1) is 0 Å². The van der Waals surface area contributed by atoms with Gasteiger partial charge in [-0.25, -0.2) is 0 Å². The first-order valence-electron chi connectivity index (χ1n) is 7.02. The van der Waals surface area contributed by atoms with Gasteiger partial charge in [0.15, 0.2) is 0 Å². The predicted octanol–water partition coefficient (Wildman–Crippen LogP) is 3.03. The van der Waals surface area contributed by atoms with Crippen LogP contribution in [-0.4, -0.2) is 36.1 Å². The molecule has 96 valence electrons. The lowest BCUT2D eigenvalue weighted by Crippen LogP contribution is -2.45. The first kappa shape index (κ1) is 14.0. The van der Waals surface area contributed by atoms with E-state index in [1.807, 2.05) is 0 Å². The van der Waals surface area contributed by atoms with E-state index in [2.05, 4.69) is 37.9 Å². The minimum absolute atomic E-state index is 0.256. The Hall–Kier alpha value is -0.0800. The Balaban J connectivity index is 2.25. The zero-order chi connectivity index (χ0) is 12.0. The number of likely N-dealkylation sites (N-methyl/N-ethyl adjacent to an activating group) is 1. The van der Waals surface area contributed by atoms with Crippen molar-refractivity contribution in [1.82, 2.24) is 10.2 Å². The molecule has 1 N–H and O–H groups in total. The molecule has 0 bridgehead atoms. The molecule has 2 nitrogen and oxygen atoms in total. The maximum atomic E-state index is 3.58. The summed E-state index contributed by atoms with van der Waals surface area (Å²) in [5, 5.41) is 3.58. The fourth-order valence-corrected chi connectivity index (χ4v) is 2.62. The Morgan fingerprint density at radius 2 is 1.75 bits per heavy atom. The highest BCUT2D eigenvalue weighted by Crippen LogP contribution is 2.22. The molecule has 0 unspecified atom stereocenters. The van der Waals surface area contributed by atoms with Gasteiger partial charge in [0.25, 0.3) is 0 Å². The van der Waals surface area contributed by atoms with Crippen molar-refractivity contribution in [3.63, 3.8) is 0 Å². The van der Waals surface area contributed by atoms with Gasteiger partial charge in [-0.2, -0.15) is 0 Å². The zero-order valence-electron chi connectivity index (χ0n) is 11.7. The molecule has 1 aliphatic carbocycles. The summed E-state index contributed by atoms with van der Waals surface area (Å²) >= 11 is 0. The largest absolute Gasteiger partial charge is 0.311 e. The van der Waals surface area contributed by atoms with Crippen molar-refractivity contribution in [2.24, 2.45) is 0 Å². The fraction of sp³-hybridized carbons (Fsp3) is 1.00. The van der Waals surface area contributed by atoms with Crippen molar-refractivity contribution in [1.29, 1.82) is 0 Å². The normalized spacial score (nSPS) is 19.3. The van der Waals surface area contributed by atoms with Crippen LogP contribution in [0.3, 0.4) is 0 Å². The van der Waals surface area contributed by atoms with E-state index < -0.39 is 0 Å². The summed E-state index contributed by atoms with van der Waals surface area (Å²) in [7, 11) is 0. The van der Waals surface area contributed by atoms with E-state index in [1.165, 1.54) is 45.2 Å². The molecule has 0 aromatic heterocycles. The number of nitrogens with zero attached hydrogens (tertiary/aromatic N) is 1. The first-order valence-corrected chi connectivity index (χ1v) is 7.02. The average molecular weight is 226 g/mol. The van der Waals surface area contributed by atoms with Crippen LogP contribution in [0.4, 0.5) is 0 Å². The quantitative estimate of drug-likeness (QED) is 0.775. The van der Waals surface area contributed by atoms with Crippen LogP contribution in [0, 0.1) is 0 Å². The van der Waals surface area contributed by atoms with E-state index in [0.29, 0.717) is 0 Å². The van der Waals surface area contributed by atoms with E-state index in [0.717, 1.165) is 12.6 Å². The third-order valence-electron chi connectivity index (χ3n) is 3.55. The van der Waals surface area contributed by atoms with Gasteiger partial charge < -0.3 is 5.32 Å².